The SMILES string of the molecule is CNC1CCC(C)(C)CC1N1CCC(C)C1. The topological polar surface area (TPSA) is 15.3 Å². The van der Waals surface area contributed by atoms with Crippen LogP contribution in [0, 0.1) is 11.3 Å². The average molecular weight is 224 g/mol. The lowest BCUT2D eigenvalue weighted by Gasteiger charge is -2.45. The largest absolute Gasteiger partial charge is 0.315 e. The van der Waals surface area contributed by atoms with Crippen molar-refractivity contribution in [3.63, 3.8) is 0 Å². The van der Waals surface area contributed by atoms with Crippen molar-refractivity contribution in [1.29, 1.82) is 0 Å². The van der Waals surface area contributed by atoms with Crippen molar-refractivity contribution in [3.8, 4) is 0 Å². The zero-order chi connectivity index (χ0) is 11.8. The molecule has 0 aromatic carbocycles. The van der Waals surface area contributed by atoms with Crippen LogP contribution in [0.25, 0.3) is 0 Å². The van der Waals surface area contributed by atoms with Gasteiger partial charge in [0.1, 0.15) is 0 Å². The summed E-state index contributed by atoms with van der Waals surface area (Å²) >= 11 is 0. The van der Waals surface area contributed by atoms with Gasteiger partial charge in [0, 0.05) is 18.6 Å². The zero-order valence-corrected chi connectivity index (χ0v) is 11.4. The van der Waals surface area contributed by atoms with Gasteiger partial charge in [-0.25, -0.2) is 0 Å². The molecule has 3 unspecified atom stereocenters. The number of rotatable bonds is 2. The summed E-state index contributed by atoms with van der Waals surface area (Å²) in [4.78, 5) is 2.74. The molecular formula is C14H28N2. The third-order valence-electron chi connectivity index (χ3n) is 4.65. The fourth-order valence-electron chi connectivity index (χ4n) is 3.54. The molecule has 1 N–H and O–H groups in total. The second-order valence-corrected chi connectivity index (χ2v) is 6.76. The van der Waals surface area contributed by atoms with Gasteiger partial charge in [0.15, 0.2) is 0 Å². The van der Waals surface area contributed by atoms with Crippen LogP contribution in [0.5, 0.6) is 0 Å². The Balaban J connectivity index is 2.03. The highest BCUT2D eigenvalue weighted by Crippen LogP contribution is 2.38. The Morgan fingerprint density at radius 2 is 2.00 bits per heavy atom. The summed E-state index contributed by atoms with van der Waals surface area (Å²) in [5, 5.41) is 3.54. The number of hydrogen-bond donors (Lipinski definition) is 1. The van der Waals surface area contributed by atoms with Crippen LogP contribution in [-0.2, 0) is 0 Å². The smallest absolute Gasteiger partial charge is 0.0254 e. The lowest BCUT2D eigenvalue weighted by atomic mass is 9.72. The highest BCUT2D eigenvalue weighted by Gasteiger charge is 2.38. The van der Waals surface area contributed by atoms with E-state index in [2.05, 4.69) is 38.0 Å². The Bertz CT molecular complexity index is 237. The van der Waals surface area contributed by atoms with Gasteiger partial charge in [-0.05, 0) is 50.6 Å². The molecule has 0 spiro atoms. The molecule has 0 radical (unpaired) electrons. The van der Waals surface area contributed by atoms with Crippen molar-refractivity contribution >= 4 is 0 Å². The maximum absolute atomic E-state index is 3.54. The highest BCUT2D eigenvalue weighted by atomic mass is 15.2. The Morgan fingerprint density at radius 3 is 2.56 bits per heavy atom. The predicted octanol–water partition coefficient (Wildman–Crippen LogP) is 2.49. The van der Waals surface area contributed by atoms with Crippen molar-refractivity contribution in [1.82, 2.24) is 10.2 Å². The van der Waals surface area contributed by atoms with Gasteiger partial charge in [-0.1, -0.05) is 20.8 Å². The Hall–Kier alpha value is -0.0800. The highest BCUT2D eigenvalue weighted by molar-refractivity contribution is 4.95. The van der Waals surface area contributed by atoms with Crippen molar-refractivity contribution in [2.24, 2.45) is 11.3 Å². The summed E-state index contributed by atoms with van der Waals surface area (Å²) in [6, 6.07) is 1.50. The van der Waals surface area contributed by atoms with Crippen LogP contribution in [0.15, 0.2) is 0 Å². The predicted molar refractivity (Wildman–Crippen MR) is 69.6 cm³/mol. The molecule has 2 nitrogen and oxygen atoms in total. The second-order valence-electron chi connectivity index (χ2n) is 6.76. The van der Waals surface area contributed by atoms with Crippen LogP contribution in [0.3, 0.4) is 0 Å². The summed E-state index contributed by atoms with van der Waals surface area (Å²) in [6.07, 6.45) is 5.48. The lowest BCUT2D eigenvalue weighted by molar-refractivity contribution is 0.0816. The van der Waals surface area contributed by atoms with Crippen molar-refractivity contribution in [2.45, 2.75) is 58.5 Å². The first kappa shape index (κ1) is 12.4. The van der Waals surface area contributed by atoms with E-state index in [4.69, 9.17) is 0 Å². The fourth-order valence-corrected chi connectivity index (χ4v) is 3.54. The van der Waals surface area contributed by atoms with E-state index in [1.807, 2.05) is 0 Å². The monoisotopic (exact) mass is 224 g/mol. The molecule has 2 rings (SSSR count). The zero-order valence-electron chi connectivity index (χ0n) is 11.4. The van der Waals surface area contributed by atoms with E-state index < -0.39 is 0 Å². The maximum atomic E-state index is 3.54. The third-order valence-corrected chi connectivity index (χ3v) is 4.65. The molecule has 0 bridgehead atoms. The minimum absolute atomic E-state index is 0.545. The van der Waals surface area contributed by atoms with Gasteiger partial charge in [-0.2, -0.15) is 0 Å². The lowest BCUT2D eigenvalue weighted by Crippen LogP contribution is -2.53. The molecule has 2 heteroatoms. The molecule has 2 fully saturated rings. The normalized spacial score (nSPS) is 40.1. The first-order chi connectivity index (χ1) is 7.52. The molecule has 16 heavy (non-hydrogen) atoms. The number of likely N-dealkylation sites (tertiary alicyclic amines) is 1. The third kappa shape index (κ3) is 2.60. The number of likely N-dealkylation sites (N-methyl/N-ethyl adjacent to an activating group) is 1. The standard InChI is InChI=1S/C14H28N2/c1-11-6-8-16(10-11)13-9-14(2,3)7-5-12(13)15-4/h11-13,15H,5-10H2,1-4H3. The van der Waals surface area contributed by atoms with E-state index in [1.165, 1.54) is 38.8 Å². The van der Waals surface area contributed by atoms with Gasteiger partial charge in [-0.3, -0.25) is 4.90 Å². The number of nitrogens with one attached hydrogen (secondary N) is 1. The summed E-state index contributed by atoms with van der Waals surface area (Å²) in [6.45, 7) is 9.90. The van der Waals surface area contributed by atoms with E-state index >= 15 is 0 Å². The molecule has 0 aromatic heterocycles. The molecule has 1 aliphatic carbocycles. The first-order valence-corrected chi connectivity index (χ1v) is 6.93. The minimum Gasteiger partial charge on any atom is -0.315 e. The Labute approximate surface area is 101 Å². The molecule has 1 heterocycles. The molecule has 2 aliphatic rings. The van der Waals surface area contributed by atoms with Crippen LogP contribution < -0.4 is 5.32 Å². The van der Waals surface area contributed by atoms with Crippen LogP contribution in [-0.4, -0.2) is 37.1 Å². The molecular weight excluding hydrogens is 196 g/mol. The van der Waals surface area contributed by atoms with E-state index in [0.717, 1.165) is 18.0 Å². The average Bonchev–Trinajstić information content (AvgIpc) is 2.64. The second kappa shape index (κ2) is 4.66. The summed E-state index contributed by atoms with van der Waals surface area (Å²) in [7, 11) is 2.13. The van der Waals surface area contributed by atoms with Gasteiger partial charge in [0.05, 0.1) is 0 Å². The van der Waals surface area contributed by atoms with Crippen LogP contribution >= 0.6 is 0 Å². The molecule has 1 saturated heterocycles. The van der Waals surface area contributed by atoms with Crippen molar-refractivity contribution < 1.29 is 0 Å². The Morgan fingerprint density at radius 1 is 1.25 bits per heavy atom. The van der Waals surface area contributed by atoms with E-state index in [-0.39, 0.29) is 0 Å². The molecule has 3 atom stereocenters. The maximum Gasteiger partial charge on any atom is 0.0254 e. The van der Waals surface area contributed by atoms with Crippen molar-refractivity contribution in [2.75, 3.05) is 20.1 Å². The fraction of sp³-hybridized carbons (Fsp3) is 1.00. The van der Waals surface area contributed by atoms with E-state index in [0.29, 0.717) is 5.41 Å². The van der Waals surface area contributed by atoms with Crippen LogP contribution in [0.2, 0.25) is 0 Å². The van der Waals surface area contributed by atoms with E-state index in [9.17, 15) is 0 Å². The van der Waals surface area contributed by atoms with E-state index in [1.54, 1.807) is 0 Å². The molecule has 0 aromatic rings. The van der Waals surface area contributed by atoms with Gasteiger partial charge in [-0.15, -0.1) is 0 Å². The van der Waals surface area contributed by atoms with Gasteiger partial charge >= 0.3 is 0 Å². The quantitative estimate of drug-likeness (QED) is 0.775. The van der Waals surface area contributed by atoms with Gasteiger partial charge < -0.3 is 5.32 Å². The number of nitrogens with zero attached hydrogens (tertiary/aromatic N) is 1. The minimum atomic E-state index is 0.545. The first-order valence-electron chi connectivity index (χ1n) is 6.93. The van der Waals surface area contributed by atoms with Crippen molar-refractivity contribution in [3.05, 3.63) is 0 Å². The molecule has 1 saturated carbocycles. The Kier molecular flexibility index (Phi) is 3.60. The number of hydrogen-bond acceptors (Lipinski definition) is 2. The summed E-state index contributed by atoms with van der Waals surface area (Å²) in [5.74, 6) is 0.905. The molecule has 94 valence electrons. The molecule has 1 aliphatic heterocycles. The van der Waals surface area contributed by atoms with Gasteiger partial charge in [0.25, 0.3) is 0 Å². The van der Waals surface area contributed by atoms with Crippen LogP contribution in [0.4, 0.5) is 0 Å². The molecule has 0 amide bonds. The summed E-state index contributed by atoms with van der Waals surface area (Å²) in [5.41, 5.74) is 0.545. The summed E-state index contributed by atoms with van der Waals surface area (Å²) < 4.78 is 0. The van der Waals surface area contributed by atoms with Crippen LogP contribution in [0.1, 0.15) is 46.5 Å². The van der Waals surface area contributed by atoms with Gasteiger partial charge in [0.2, 0.25) is 0 Å².